The van der Waals surface area contributed by atoms with Crippen molar-refractivity contribution in [1.82, 2.24) is 15.2 Å². The zero-order chi connectivity index (χ0) is 16.2. The summed E-state index contributed by atoms with van der Waals surface area (Å²) >= 11 is 6.00. The van der Waals surface area contributed by atoms with Gasteiger partial charge in [0.25, 0.3) is 0 Å². The molecule has 23 heavy (non-hydrogen) atoms. The molecule has 0 aliphatic carbocycles. The van der Waals surface area contributed by atoms with E-state index in [4.69, 9.17) is 11.6 Å². The molecule has 1 fully saturated rings. The normalized spacial score (nSPS) is 18.2. The maximum atomic E-state index is 12.3. The van der Waals surface area contributed by atoms with Crippen molar-refractivity contribution in [3.05, 3.63) is 47.1 Å². The van der Waals surface area contributed by atoms with Gasteiger partial charge in [-0.3, -0.25) is 4.79 Å². The van der Waals surface area contributed by atoms with Crippen molar-refractivity contribution in [3.8, 4) is 0 Å². The van der Waals surface area contributed by atoms with Gasteiger partial charge >= 0.3 is 0 Å². The molecular weight excluding hydrogens is 310 g/mol. The first-order valence-electron chi connectivity index (χ1n) is 7.83. The van der Waals surface area contributed by atoms with Gasteiger partial charge in [0.15, 0.2) is 0 Å². The Bertz CT molecular complexity index is 744. The number of hydrogen-bond acceptors (Lipinski definition) is 3. The number of halogens is 1. The maximum absolute atomic E-state index is 12.3. The smallest absolute Gasteiger partial charge is 0.246 e. The summed E-state index contributed by atoms with van der Waals surface area (Å²) in [6.07, 6.45) is 4.45. The number of nitrogens with zero attached hydrogens (tertiary/aromatic N) is 2. The Morgan fingerprint density at radius 2 is 2.26 bits per heavy atom. The fraction of sp³-hybridized carbons (Fsp3) is 0.333. The second-order valence-electron chi connectivity index (χ2n) is 5.90. The van der Waals surface area contributed by atoms with Crippen molar-refractivity contribution in [2.75, 3.05) is 26.7 Å². The van der Waals surface area contributed by atoms with E-state index in [2.05, 4.69) is 10.3 Å². The molecule has 2 aromatic rings. The minimum atomic E-state index is 0.0524. The summed E-state index contributed by atoms with van der Waals surface area (Å²) in [4.78, 5) is 18.7. The second kappa shape index (κ2) is 7.11. The average Bonchev–Trinajstić information content (AvgIpc) is 3.01. The van der Waals surface area contributed by atoms with Crippen molar-refractivity contribution in [1.29, 1.82) is 0 Å². The highest BCUT2D eigenvalue weighted by Crippen LogP contribution is 2.19. The van der Waals surface area contributed by atoms with Crippen LogP contribution in [0.25, 0.3) is 17.0 Å². The predicted octanol–water partition coefficient (Wildman–Crippen LogP) is 2.97. The molecule has 1 aliphatic heterocycles. The van der Waals surface area contributed by atoms with E-state index in [0.29, 0.717) is 10.9 Å². The van der Waals surface area contributed by atoms with Gasteiger partial charge in [-0.05, 0) is 50.2 Å². The molecule has 1 unspecified atom stereocenters. The zero-order valence-electron chi connectivity index (χ0n) is 13.1. The van der Waals surface area contributed by atoms with Crippen LogP contribution in [0, 0.1) is 5.92 Å². The molecule has 0 spiro atoms. The Labute approximate surface area is 141 Å². The van der Waals surface area contributed by atoms with Crippen LogP contribution < -0.4 is 5.32 Å². The van der Waals surface area contributed by atoms with Gasteiger partial charge in [-0.1, -0.05) is 23.7 Å². The highest BCUT2D eigenvalue weighted by Gasteiger charge is 2.24. The number of rotatable bonds is 4. The molecule has 2 heterocycles. The fourth-order valence-electron chi connectivity index (χ4n) is 2.95. The maximum Gasteiger partial charge on any atom is 0.246 e. The van der Waals surface area contributed by atoms with Crippen LogP contribution in [-0.2, 0) is 4.79 Å². The van der Waals surface area contributed by atoms with Gasteiger partial charge in [0.05, 0.1) is 11.2 Å². The van der Waals surface area contributed by atoms with Gasteiger partial charge in [-0.15, -0.1) is 0 Å². The first-order chi connectivity index (χ1) is 11.2. The number of hydrogen-bond donors (Lipinski definition) is 1. The molecule has 1 aliphatic rings. The van der Waals surface area contributed by atoms with Gasteiger partial charge in [-0.2, -0.15) is 0 Å². The molecule has 0 bridgehead atoms. The highest BCUT2D eigenvalue weighted by molar-refractivity contribution is 6.31. The minimum Gasteiger partial charge on any atom is -0.339 e. The summed E-state index contributed by atoms with van der Waals surface area (Å²) in [5.41, 5.74) is 1.60. The summed E-state index contributed by atoms with van der Waals surface area (Å²) < 4.78 is 0. The summed E-state index contributed by atoms with van der Waals surface area (Å²) in [5, 5.41) is 4.87. The monoisotopic (exact) mass is 329 g/mol. The third-order valence-electron chi connectivity index (χ3n) is 4.16. The van der Waals surface area contributed by atoms with Crippen LogP contribution in [0.3, 0.4) is 0 Å². The number of carbonyl (C=O) groups is 1. The molecule has 4 nitrogen and oxygen atoms in total. The van der Waals surface area contributed by atoms with Crippen LogP contribution in [0.4, 0.5) is 0 Å². The number of amides is 1. The van der Waals surface area contributed by atoms with Crippen LogP contribution in [-0.4, -0.2) is 42.5 Å². The van der Waals surface area contributed by atoms with Gasteiger partial charge < -0.3 is 10.2 Å². The number of carbonyl (C=O) groups excluding carboxylic acids is 1. The number of nitrogens with one attached hydrogen (secondary N) is 1. The number of fused-ring (bicyclic) bond motifs is 1. The Morgan fingerprint density at radius 1 is 1.43 bits per heavy atom. The lowest BCUT2D eigenvalue weighted by Gasteiger charge is -2.14. The number of pyridine rings is 1. The molecule has 1 aromatic heterocycles. The highest BCUT2D eigenvalue weighted by atomic mass is 35.5. The van der Waals surface area contributed by atoms with E-state index in [1.807, 2.05) is 42.3 Å². The Hall–Kier alpha value is -1.91. The third kappa shape index (κ3) is 3.89. The summed E-state index contributed by atoms with van der Waals surface area (Å²) in [7, 11) is 1.95. The third-order valence-corrected chi connectivity index (χ3v) is 4.40. The SMILES string of the molecule is CNCC1CCN(C(=O)/C=C/c2ccc3ccc(Cl)cc3n2)C1. The summed E-state index contributed by atoms with van der Waals surface area (Å²) in [6.45, 7) is 2.61. The minimum absolute atomic E-state index is 0.0524. The van der Waals surface area contributed by atoms with E-state index < -0.39 is 0 Å². The summed E-state index contributed by atoms with van der Waals surface area (Å²) in [6, 6.07) is 9.52. The van der Waals surface area contributed by atoms with Gasteiger partial charge in [0.2, 0.25) is 5.91 Å². The predicted molar refractivity (Wildman–Crippen MR) is 94.4 cm³/mol. The van der Waals surface area contributed by atoms with Crippen molar-refractivity contribution in [2.45, 2.75) is 6.42 Å². The molecule has 0 radical (unpaired) electrons. The Morgan fingerprint density at radius 3 is 3.09 bits per heavy atom. The molecule has 5 heteroatoms. The molecule has 0 saturated carbocycles. The van der Waals surface area contributed by atoms with E-state index in [0.717, 1.165) is 42.7 Å². The van der Waals surface area contributed by atoms with Crippen LogP contribution in [0.1, 0.15) is 12.1 Å². The average molecular weight is 330 g/mol. The second-order valence-corrected chi connectivity index (χ2v) is 6.34. The number of likely N-dealkylation sites (tertiary alicyclic amines) is 1. The fourth-order valence-corrected chi connectivity index (χ4v) is 3.12. The van der Waals surface area contributed by atoms with Crippen molar-refractivity contribution >= 4 is 34.5 Å². The van der Waals surface area contributed by atoms with Crippen molar-refractivity contribution < 1.29 is 4.79 Å². The van der Waals surface area contributed by atoms with Gasteiger partial charge in [0, 0.05) is 29.6 Å². The van der Waals surface area contributed by atoms with Crippen LogP contribution >= 0.6 is 11.6 Å². The lowest BCUT2D eigenvalue weighted by atomic mass is 10.1. The standard InChI is InChI=1S/C18H20ClN3O/c1-20-11-13-8-9-22(12-13)18(23)7-6-16-5-3-14-2-4-15(19)10-17(14)21-16/h2-7,10,13,20H,8-9,11-12H2,1H3/b7-6+. The van der Waals surface area contributed by atoms with Crippen molar-refractivity contribution in [2.24, 2.45) is 5.92 Å². The Kier molecular flexibility index (Phi) is 4.94. The topological polar surface area (TPSA) is 45.2 Å². The van der Waals surface area contributed by atoms with Crippen LogP contribution in [0.15, 0.2) is 36.4 Å². The van der Waals surface area contributed by atoms with E-state index in [1.54, 1.807) is 12.2 Å². The molecule has 3 rings (SSSR count). The van der Waals surface area contributed by atoms with Crippen molar-refractivity contribution in [3.63, 3.8) is 0 Å². The number of aromatic nitrogens is 1. The van der Waals surface area contributed by atoms with E-state index in [-0.39, 0.29) is 5.91 Å². The van der Waals surface area contributed by atoms with Gasteiger partial charge in [0.1, 0.15) is 0 Å². The lowest BCUT2D eigenvalue weighted by molar-refractivity contribution is -0.125. The largest absolute Gasteiger partial charge is 0.339 e. The van der Waals surface area contributed by atoms with Crippen LogP contribution in [0.5, 0.6) is 0 Å². The van der Waals surface area contributed by atoms with Gasteiger partial charge in [-0.25, -0.2) is 4.98 Å². The van der Waals surface area contributed by atoms with E-state index in [1.165, 1.54) is 0 Å². The molecule has 1 atom stereocenters. The van der Waals surface area contributed by atoms with Crippen LogP contribution in [0.2, 0.25) is 5.02 Å². The molecule has 1 amide bonds. The molecule has 1 saturated heterocycles. The zero-order valence-corrected chi connectivity index (χ0v) is 13.9. The van der Waals surface area contributed by atoms with E-state index >= 15 is 0 Å². The molecule has 120 valence electrons. The molecule has 1 aromatic carbocycles. The first-order valence-corrected chi connectivity index (χ1v) is 8.21. The van der Waals surface area contributed by atoms with E-state index in [9.17, 15) is 4.79 Å². The first kappa shape index (κ1) is 16.0. The quantitative estimate of drug-likeness (QED) is 0.877. The molecular formula is C18H20ClN3O. The summed E-state index contributed by atoms with van der Waals surface area (Å²) in [5.74, 6) is 0.606. The molecule has 1 N–H and O–H groups in total. The Balaban J connectivity index is 1.69. The lowest BCUT2D eigenvalue weighted by Crippen LogP contribution is -2.28. The number of benzene rings is 1.